The zero-order valence-electron chi connectivity index (χ0n) is 10.8. The van der Waals surface area contributed by atoms with E-state index in [2.05, 4.69) is 4.98 Å². The van der Waals surface area contributed by atoms with Crippen LogP contribution >= 0.6 is 0 Å². The molecule has 0 aliphatic rings. The number of rotatable bonds is 4. The van der Waals surface area contributed by atoms with Crippen molar-refractivity contribution in [2.24, 2.45) is 0 Å². The summed E-state index contributed by atoms with van der Waals surface area (Å²) in [7, 11) is 3.06. The monoisotopic (exact) mass is 263 g/mol. The minimum absolute atomic E-state index is 0.162. The lowest BCUT2D eigenvalue weighted by molar-refractivity contribution is 0.0662. The second-order valence-corrected chi connectivity index (χ2v) is 3.81. The highest BCUT2D eigenvalue weighted by molar-refractivity contribution is 5.86. The third-order valence-corrected chi connectivity index (χ3v) is 2.62. The molecule has 0 fully saturated rings. The average molecular weight is 263 g/mol. The lowest BCUT2D eigenvalue weighted by Gasteiger charge is -2.07. The van der Waals surface area contributed by atoms with Crippen LogP contribution in [0.4, 0.5) is 0 Å². The molecule has 1 aromatic heterocycles. The van der Waals surface area contributed by atoms with Gasteiger partial charge in [0.1, 0.15) is 0 Å². The van der Waals surface area contributed by atoms with Gasteiger partial charge in [0.2, 0.25) is 11.7 Å². The number of carboxylic acids is 1. The minimum Gasteiger partial charge on any atom is -0.493 e. The maximum Gasteiger partial charge on any atom is 0.373 e. The van der Waals surface area contributed by atoms with E-state index in [1.54, 1.807) is 25.1 Å². The first-order valence-corrected chi connectivity index (χ1v) is 5.50. The Balaban J connectivity index is 2.47. The lowest BCUT2D eigenvalue weighted by atomic mass is 10.2. The molecule has 100 valence electrons. The second-order valence-electron chi connectivity index (χ2n) is 3.81. The van der Waals surface area contributed by atoms with Crippen LogP contribution in [0.2, 0.25) is 0 Å². The number of hydrogen-bond acceptors (Lipinski definition) is 5. The molecule has 6 heteroatoms. The molecule has 2 rings (SSSR count). The number of aromatic carboxylic acids is 1. The van der Waals surface area contributed by atoms with Gasteiger partial charge in [-0.15, -0.1) is 0 Å². The number of benzene rings is 1. The summed E-state index contributed by atoms with van der Waals surface area (Å²) in [6.07, 6.45) is 0. The fraction of sp³-hybridized carbons (Fsp3) is 0.231. The van der Waals surface area contributed by atoms with Crippen molar-refractivity contribution in [1.29, 1.82) is 0 Å². The van der Waals surface area contributed by atoms with Gasteiger partial charge in [0.15, 0.2) is 11.5 Å². The normalized spacial score (nSPS) is 10.3. The van der Waals surface area contributed by atoms with Gasteiger partial charge in [0.05, 0.1) is 19.9 Å². The number of nitrogens with zero attached hydrogens (tertiary/aromatic N) is 1. The first-order chi connectivity index (χ1) is 9.06. The number of aromatic nitrogens is 1. The molecule has 1 N–H and O–H groups in total. The van der Waals surface area contributed by atoms with Crippen molar-refractivity contribution in [3.63, 3.8) is 0 Å². The van der Waals surface area contributed by atoms with E-state index in [0.29, 0.717) is 22.8 Å². The number of oxazole rings is 1. The number of methoxy groups -OCH3 is 2. The summed E-state index contributed by atoms with van der Waals surface area (Å²) in [6.45, 7) is 1.58. The molecule has 6 nitrogen and oxygen atoms in total. The summed E-state index contributed by atoms with van der Waals surface area (Å²) in [4.78, 5) is 15.0. The molecule has 1 heterocycles. The molecule has 0 amide bonds. The Kier molecular flexibility index (Phi) is 3.41. The van der Waals surface area contributed by atoms with Crippen LogP contribution in [0.25, 0.3) is 11.5 Å². The molecule has 1 aromatic carbocycles. The molecule has 2 aromatic rings. The van der Waals surface area contributed by atoms with E-state index in [1.165, 1.54) is 14.2 Å². The van der Waals surface area contributed by atoms with E-state index in [9.17, 15) is 4.79 Å². The topological polar surface area (TPSA) is 81.8 Å². The molecule has 0 radical (unpaired) electrons. The van der Waals surface area contributed by atoms with Gasteiger partial charge in [-0.3, -0.25) is 0 Å². The summed E-state index contributed by atoms with van der Waals surface area (Å²) >= 11 is 0. The zero-order valence-corrected chi connectivity index (χ0v) is 10.8. The predicted octanol–water partition coefficient (Wildman–Crippen LogP) is 2.37. The maximum absolute atomic E-state index is 10.9. The van der Waals surface area contributed by atoms with Crippen molar-refractivity contribution in [1.82, 2.24) is 4.98 Å². The number of carboxylic acid groups (broad SMARTS) is 1. The van der Waals surface area contributed by atoms with E-state index >= 15 is 0 Å². The zero-order chi connectivity index (χ0) is 14.0. The SMILES string of the molecule is COc1ccc(-c2nc(C)c(C(=O)O)o2)cc1OC. The predicted molar refractivity (Wildman–Crippen MR) is 66.7 cm³/mol. The Labute approximate surface area is 109 Å². The van der Waals surface area contributed by atoms with Gasteiger partial charge in [0.25, 0.3) is 0 Å². The first-order valence-electron chi connectivity index (χ1n) is 5.50. The first kappa shape index (κ1) is 12.9. The van der Waals surface area contributed by atoms with Crippen molar-refractivity contribution in [2.75, 3.05) is 14.2 Å². The molecule has 0 saturated carbocycles. The number of hydrogen-bond donors (Lipinski definition) is 1. The van der Waals surface area contributed by atoms with Crippen molar-refractivity contribution < 1.29 is 23.8 Å². The third kappa shape index (κ3) is 2.37. The van der Waals surface area contributed by atoms with Crippen LogP contribution in [0.15, 0.2) is 22.6 Å². The smallest absolute Gasteiger partial charge is 0.373 e. The van der Waals surface area contributed by atoms with Crippen molar-refractivity contribution in [3.05, 3.63) is 29.7 Å². The second kappa shape index (κ2) is 5.01. The van der Waals surface area contributed by atoms with Crippen LogP contribution < -0.4 is 9.47 Å². The van der Waals surface area contributed by atoms with Crippen LogP contribution in [-0.4, -0.2) is 30.3 Å². The standard InChI is InChI=1S/C13H13NO5/c1-7-11(13(15)16)19-12(14-7)8-4-5-9(17-2)10(6-8)18-3/h4-6H,1-3H3,(H,15,16). The van der Waals surface area contributed by atoms with E-state index in [4.69, 9.17) is 19.0 Å². The van der Waals surface area contributed by atoms with Gasteiger partial charge in [-0.2, -0.15) is 0 Å². The molecular weight excluding hydrogens is 250 g/mol. The Hall–Kier alpha value is -2.50. The summed E-state index contributed by atoms with van der Waals surface area (Å²) < 4.78 is 15.5. The highest BCUT2D eigenvalue weighted by Gasteiger charge is 2.18. The van der Waals surface area contributed by atoms with Gasteiger partial charge in [-0.05, 0) is 25.1 Å². The van der Waals surface area contributed by atoms with Gasteiger partial charge in [0, 0.05) is 5.56 Å². The fourth-order valence-corrected chi connectivity index (χ4v) is 1.69. The quantitative estimate of drug-likeness (QED) is 0.911. The molecule has 0 saturated heterocycles. The van der Waals surface area contributed by atoms with Gasteiger partial charge < -0.3 is 19.0 Å². The number of ether oxygens (including phenoxy) is 2. The van der Waals surface area contributed by atoms with Crippen LogP contribution in [0, 0.1) is 6.92 Å². The van der Waals surface area contributed by atoms with Crippen molar-refractivity contribution in [2.45, 2.75) is 6.92 Å². The summed E-state index contributed by atoms with van der Waals surface area (Å²) in [6, 6.07) is 5.10. The van der Waals surface area contributed by atoms with Crippen molar-refractivity contribution >= 4 is 5.97 Å². The number of aryl methyl sites for hydroxylation is 1. The molecule has 0 aliphatic heterocycles. The average Bonchev–Trinajstić information content (AvgIpc) is 2.80. The van der Waals surface area contributed by atoms with E-state index in [-0.39, 0.29) is 11.7 Å². The molecular formula is C13H13NO5. The van der Waals surface area contributed by atoms with Crippen LogP contribution in [0.3, 0.4) is 0 Å². The Morgan fingerprint density at radius 1 is 1.26 bits per heavy atom. The molecule has 0 unspecified atom stereocenters. The molecule has 19 heavy (non-hydrogen) atoms. The summed E-state index contributed by atoms with van der Waals surface area (Å²) in [5.41, 5.74) is 0.950. The Morgan fingerprint density at radius 2 is 1.95 bits per heavy atom. The van der Waals surface area contributed by atoms with Gasteiger partial charge >= 0.3 is 5.97 Å². The summed E-state index contributed by atoms with van der Waals surface area (Å²) in [5.74, 6) is 0.0260. The van der Waals surface area contributed by atoms with Gasteiger partial charge in [-0.25, -0.2) is 9.78 Å². The largest absolute Gasteiger partial charge is 0.493 e. The maximum atomic E-state index is 10.9. The molecule has 0 bridgehead atoms. The highest BCUT2D eigenvalue weighted by Crippen LogP contribution is 2.32. The highest BCUT2D eigenvalue weighted by atomic mass is 16.5. The van der Waals surface area contributed by atoms with Gasteiger partial charge in [-0.1, -0.05) is 0 Å². The van der Waals surface area contributed by atoms with E-state index < -0.39 is 5.97 Å². The minimum atomic E-state index is -1.14. The molecule has 0 atom stereocenters. The lowest BCUT2D eigenvalue weighted by Crippen LogP contribution is -1.95. The molecule has 0 spiro atoms. The fourth-order valence-electron chi connectivity index (χ4n) is 1.69. The van der Waals surface area contributed by atoms with Crippen LogP contribution in [0.5, 0.6) is 11.5 Å². The van der Waals surface area contributed by atoms with Crippen molar-refractivity contribution in [3.8, 4) is 23.0 Å². The number of carbonyl (C=O) groups is 1. The van der Waals surface area contributed by atoms with E-state index in [0.717, 1.165) is 0 Å². The molecule has 0 aliphatic carbocycles. The van der Waals surface area contributed by atoms with Crippen LogP contribution in [0.1, 0.15) is 16.2 Å². The Bertz CT molecular complexity index is 617. The summed E-state index contributed by atoms with van der Waals surface area (Å²) in [5, 5.41) is 8.93. The Morgan fingerprint density at radius 3 is 2.47 bits per heavy atom. The third-order valence-electron chi connectivity index (χ3n) is 2.62. The van der Waals surface area contributed by atoms with Crippen LogP contribution in [-0.2, 0) is 0 Å². The van der Waals surface area contributed by atoms with E-state index in [1.807, 2.05) is 0 Å².